The highest BCUT2D eigenvalue weighted by Crippen LogP contribution is 2.11. The average molecular weight is 266 g/mol. The highest BCUT2D eigenvalue weighted by molar-refractivity contribution is 7.90. The summed E-state index contributed by atoms with van der Waals surface area (Å²) in [5, 5.41) is 8.06. The summed E-state index contributed by atoms with van der Waals surface area (Å²) in [6.45, 7) is 2.59. The van der Waals surface area contributed by atoms with Gasteiger partial charge < -0.3 is 4.57 Å². The summed E-state index contributed by atoms with van der Waals surface area (Å²) in [5.41, 5.74) is 0. The smallest absolute Gasteiger partial charge is 0.225 e. The van der Waals surface area contributed by atoms with Gasteiger partial charge in [0.25, 0.3) is 0 Å². The molecule has 0 fully saturated rings. The number of nitrogens with zero attached hydrogens (tertiary/aromatic N) is 3. The maximum absolute atomic E-state index is 11.0. The quantitative estimate of drug-likeness (QED) is 0.778. The van der Waals surface area contributed by atoms with Crippen molar-refractivity contribution >= 4 is 21.4 Å². The Kier molecular flexibility index (Phi) is 4.73. The van der Waals surface area contributed by atoms with Gasteiger partial charge in [0.05, 0.1) is 5.75 Å². The van der Waals surface area contributed by atoms with E-state index in [0.29, 0.717) is 18.2 Å². The number of rotatable bonds is 6. The number of aryl methyl sites for hydroxylation is 1. The van der Waals surface area contributed by atoms with Gasteiger partial charge in [-0.3, -0.25) is 0 Å². The predicted molar refractivity (Wildman–Crippen MR) is 63.4 cm³/mol. The van der Waals surface area contributed by atoms with Crippen LogP contribution in [0.15, 0.2) is 0 Å². The second-order valence-corrected chi connectivity index (χ2v) is 6.37. The molecule has 0 saturated heterocycles. The normalized spacial score (nSPS) is 11.9. The lowest BCUT2D eigenvalue weighted by molar-refractivity contribution is 0.586. The third-order valence-corrected chi connectivity index (χ3v) is 3.46. The summed E-state index contributed by atoms with van der Waals surface area (Å²) in [4.78, 5) is 0. The van der Waals surface area contributed by atoms with E-state index >= 15 is 0 Å². The van der Waals surface area contributed by atoms with Crippen LogP contribution in [0.2, 0.25) is 5.28 Å². The molecule has 1 aromatic heterocycles. The molecular weight excluding hydrogens is 250 g/mol. The summed E-state index contributed by atoms with van der Waals surface area (Å²) >= 11 is 5.87. The van der Waals surface area contributed by atoms with Crippen LogP contribution in [0.4, 0.5) is 0 Å². The third-order valence-electron chi connectivity index (χ3n) is 2.15. The van der Waals surface area contributed by atoms with Crippen LogP contribution >= 0.6 is 11.6 Å². The molecule has 92 valence electrons. The molecule has 0 aliphatic carbocycles. The first-order valence-corrected chi connectivity index (χ1v) is 7.63. The Bertz CT molecular complexity index is 442. The van der Waals surface area contributed by atoms with Crippen LogP contribution in [-0.4, -0.2) is 35.2 Å². The molecule has 0 unspecified atom stereocenters. The molecule has 1 heterocycles. The minimum atomic E-state index is -2.91. The van der Waals surface area contributed by atoms with Gasteiger partial charge in [0.15, 0.2) is 0 Å². The molecule has 1 rings (SSSR count). The molecule has 0 spiro atoms. The highest BCUT2D eigenvalue weighted by atomic mass is 35.5. The lowest BCUT2D eigenvalue weighted by Crippen LogP contribution is -2.10. The minimum absolute atomic E-state index is 0.160. The molecule has 0 aliphatic rings. The first kappa shape index (κ1) is 13.4. The zero-order valence-electron chi connectivity index (χ0n) is 9.48. The lowest BCUT2D eigenvalue weighted by Gasteiger charge is -2.06. The summed E-state index contributed by atoms with van der Waals surface area (Å²) < 4.78 is 23.7. The van der Waals surface area contributed by atoms with Gasteiger partial charge in [0.2, 0.25) is 5.28 Å². The van der Waals surface area contributed by atoms with E-state index in [-0.39, 0.29) is 5.75 Å². The number of aromatic nitrogens is 3. The summed E-state index contributed by atoms with van der Waals surface area (Å²) in [7, 11) is -2.91. The molecule has 16 heavy (non-hydrogen) atoms. The maximum Gasteiger partial charge on any atom is 0.225 e. The second-order valence-electron chi connectivity index (χ2n) is 3.77. The van der Waals surface area contributed by atoms with Crippen molar-refractivity contribution in [1.29, 1.82) is 0 Å². The maximum atomic E-state index is 11.0. The van der Waals surface area contributed by atoms with E-state index in [4.69, 9.17) is 11.6 Å². The highest BCUT2D eigenvalue weighted by Gasteiger charge is 2.10. The van der Waals surface area contributed by atoms with Gasteiger partial charge in [-0.25, -0.2) is 8.42 Å². The van der Waals surface area contributed by atoms with Gasteiger partial charge in [-0.05, 0) is 24.4 Å². The fraction of sp³-hybridized carbons (Fsp3) is 0.778. The molecule has 0 aromatic carbocycles. The van der Waals surface area contributed by atoms with E-state index in [1.54, 1.807) is 4.57 Å². The van der Waals surface area contributed by atoms with Crippen LogP contribution in [-0.2, 0) is 22.8 Å². The Morgan fingerprint density at radius 1 is 1.38 bits per heavy atom. The summed E-state index contributed by atoms with van der Waals surface area (Å²) in [6, 6.07) is 0. The standard InChI is InChI=1S/C9H16ClN3O2S/c1-3-5-8-11-12-9(10)13(8)6-4-7-16(2,14)15/h3-7H2,1-2H3. The topological polar surface area (TPSA) is 64.8 Å². The van der Waals surface area contributed by atoms with Crippen LogP contribution in [0.25, 0.3) is 0 Å². The van der Waals surface area contributed by atoms with Gasteiger partial charge in [0.1, 0.15) is 15.7 Å². The number of hydrogen-bond donors (Lipinski definition) is 0. The zero-order chi connectivity index (χ0) is 12.2. The molecule has 1 aromatic rings. The number of halogens is 1. The largest absolute Gasteiger partial charge is 0.302 e. The van der Waals surface area contributed by atoms with Crippen molar-refractivity contribution in [2.24, 2.45) is 0 Å². The summed E-state index contributed by atoms with van der Waals surface area (Å²) in [5.74, 6) is 0.980. The SMILES string of the molecule is CCCc1nnc(Cl)n1CCCS(C)(=O)=O. The average Bonchev–Trinajstić information content (AvgIpc) is 2.48. The van der Waals surface area contributed by atoms with Crippen LogP contribution < -0.4 is 0 Å². The van der Waals surface area contributed by atoms with Crippen molar-refractivity contribution in [1.82, 2.24) is 14.8 Å². The van der Waals surface area contributed by atoms with Crippen molar-refractivity contribution in [2.75, 3.05) is 12.0 Å². The molecule has 0 amide bonds. The van der Waals surface area contributed by atoms with Gasteiger partial charge in [-0.15, -0.1) is 10.2 Å². The molecule has 7 heteroatoms. The first-order chi connectivity index (χ1) is 7.44. The fourth-order valence-electron chi connectivity index (χ4n) is 1.43. The van der Waals surface area contributed by atoms with Gasteiger partial charge in [-0.2, -0.15) is 0 Å². The van der Waals surface area contributed by atoms with Crippen molar-refractivity contribution in [3.63, 3.8) is 0 Å². The Balaban J connectivity index is 2.62. The van der Waals surface area contributed by atoms with Crippen molar-refractivity contribution < 1.29 is 8.42 Å². The third kappa shape index (κ3) is 4.09. The molecule has 0 bridgehead atoms. The summed E-state index contributed by atoms with van der Waals surface area (Å²) in [6.07, 6.45) is 3.53. The van der Waals surface area contributed by atoms with Crippen molar-refractivity contribution in [2.45, 2.75) is 32.7 Å². The van der Waals surface area contributed by atoms with Gasteiger partial charge in [-0.1, -0.05) is 6.92 Å². The van der Waals surface area contributed by atoms with E-state index in [2.05, 4.69) is 10.2 Å². The molecule has 0 N–H and O–H groups in total. The number of sulfone groups is 1. The Hall–Kier alpha value is -0.620. The van der Waals surface area contributed by atoms with E-state index < -0.39 is 9.84 Å². The Labute approximate surface area is 101 Å². The molecule has 5 nitrogen and oxygen atoms in total. The fourth-order valence-corrected chi connectivity index (χ4v) is 2.30. The molecular formula is C9H16ClN3O2S. The Morgan fingerprint density at radius 2 is 2.06 bits per heavy atom. The van der Waals surface area contributed by atoms with E-state index in [0.717, 1.165) is 18.7 Å². The van der Waals surface area contributed by atoms with Gasteiger partial charge in [0, 0.05) is 19.2 Å². The zero-order valence-corrected chi connectivity index (χ0v) is 11.1. The van der Waals surface area contributed by atoms with Crippen molar-refractivity contribution in [3.8, 4) is 0 Å². The van der Waals surface area contributed by atoms with Crippen LogP contribution in [0, 0.1) is 0 Å². The molecule has 0 saturated carbocycles. The Morgan fingerprint density at radius 3 is 2.62 bits per heavy atom. The molecule has 0 radical (unpaired) electrons. The molecule has 0 aliphatic heterocycles. The van der Waals surface area contributed by atoms with E-state index in [9.17, 15) is 8.42 Å². The van der Waals surface area contributed by atoms with Crippen LogP contribution in [0.5, 0.6) is 0 Å². The molecule has 0 atom stereocenters. The van der Waals surface area contributed by atoms with Gasteiger partial charge >= 0.3 is 0 Å². The monoisotopic (exact) mass is 265 g/mol. The number of hydrogen-bond acceptors (Lipinski definition) is 4. The first-order valence-electron chi connectivity index (χ1n) is 5.19. The van der Waals surface area contributed by atoms with E-state index in [1.807, 2.05) is 6.92 Å². The lowest BCUT2D eigenvalue weighted by atomic mass is 10.3. The van der Waals surface area contributed by atoms with Crippen LogP contribution in [0.3, 0.4) is 0 Å². The van der Waals surface area contributed by atoms with Crippen LogP contribution in [0.1, 0.15) is 25.6 Å². The van der Waals surface area contributed by atoms with Crippen molar-refractivity contribution in [3.05, 3.63) is 11.1 Å². The predicted octanol–water partition coefficient (Wildman–Crippen LogP) is 1.32. The van der Waals surface area contributed by atoms with E-state index in [1.165, 1.54) is 6.26 Å². The minimum Gasteiger partial charge on any atom is -0.302 e. The second kappa shape index (κ2) is 5.63.